The molecule has 0 aliphatic carbocycles. The summed E-state index contributed by atoms with van der Waals surface area (Å²) in [5.41, 5.74) is 8.70. The second-order valence-electron chi connectivity index (χ2n) is 5.28. The number of hydrogen-bond donors (Lipinski definition) is 1. The zero-order valence-electron chi connectivity index (χ0n) is 10.9. The summed E-state index contributed by atoms with van der Waals surface area (Å²) in [6.45, 7) is 6.63. The van der Waals surface area contributed by atoms with Gasteiger partial charge in [-0.1, -0.05) is 31.2 Å². The Balaban J connectivity index is 1.78. The van der Waals surface area contributed by atoms with Crippen molar-refractivity contribution in [1.82, 2.24) is 4.90 Å². The van der Waals surface area contributed by atoms with E-state index >= 15 is 0 Å². The van der Waals surface area contributed by atoms with E-state index in [1.54, 1.807) is 5.56 Å². The van der Waals surface area contributed by atoms with E-state index in [9.17, 15) is 0 Å². The van der Waals surface area contributed by atoms with Crippen molar-refractivity contribution >= 4 is 0 Å². The predicted molar refractivity (Wildman–Crippen MR) is 72.9 cm³/mol. The number of benzene rings is 1. The average Bonchev–Trinajstić information content (AvgIpc) is 2.38. The predicted octanol–water partition coefficient (Wildman–Crippen LogP) is 2.42. The maximum atomic E-state index is 5.64. The van der Waals surface area contributed by atoms with E-state index in [1.807, 2.05) is 0 Å². The molecule has 2 nitrogen and oxygen atoms in total. The summed E-state index contributed by atoms with van der Waals surface area (Å²) in [6, 6.07) is 8.84. The largest absolute Gasteiger partial charge is 0.330 e. The summed E-state index contributed by atoms with van der Waals surface area (Å²) < 4.78 is 0. The van der Waals surface area contributed by atoms with Crippen LogP contribution in [0, 0.1) is 5.92 Å². The van der Waals surface area contributed by atoms with E-state index in [1.165, 1.54) is 37.9 Å². The third kappa shape index (κ3) is 3.55. The molecule has 0 spiro atoms. The molecule has 0 bridgehead atoms. The first-order valence-electron chi connectivity index (χ1n) is 6.79. The zero-order valence-corrected chi connectivity index (χ0v) is 10.9. The molecule has 2 N–H and O–H groups in total. The molecule has 1 aliphatic heterocycles. The molecule has 0 saturated carbocycles. The molecule has 2 rings (SSSR count). The lowest BCUT2D eigenvalue weighted by atomic mass is 9.99. The molecule has 1 unspecified atom stereocenters. The molecular weight excluding hydrogens is 208 g/mol. The molecule has 1 heterocycles. The Morgan fingerprint density at radius 1 is 1.29 bits per heavy atom. The van der Waals surface area contributed by atoms with Crippen molar-refractivity contribution in [3.05, 3.63) is 35.4 Å². The first kappa shape index (κ1) is 12.6. The van der Waals surface area contributed by atoms with Gasteiger partial charge in [-0.05, 0) is 49.4 Å². The maximum absolute atomic E-state index is 5.64. The van der Waals surface area contributed by atoms with Gasteiger partial charge in [-0.15, -0.1) is 0 Å². The van der Waals surface area contributed by atoms with Crippen LogP contribution in [0.4, 0.5) is 0 Å². The highest BCUT2D eigenvalue weighted by Gasteiger charge is 2.14. The van der Waals surface area contributed by atoms with Crippen LogP contribution >= 0.6 is 0 Å². The summed E-state index contributed by atoms with van der Waals surface area (Å²) in [5.74, 6) is 0.673. The van der Waals surface area contributed by atoms with Crippen LogP contribution in [0.3, 0.4) is 0 Å². The lowest BCUT2D eigenvalue weighted by Gasteiger charge is -2.28. The minimum absolute atomic E-state index is 0.673. The molecular formula is C15H24N2. The second-order valence-corrected chi connectivity index (χ2v) is 5.28. The Hall–Kier alpha value is -0.860. The first-order chi connectivity index (χ1) is 8.29. The van der Waals surface area contributed by atoms with Gasteiger partial charge in [0.15, 0.2) is 0 Å². The van der Waals surface area contributed by atoms with Gasteiger partial charge >= 0.3 is 0 Å². The van der Waals surface area contributed by atoms with E-state index in [0.717, 1.165) is 13.1 Å². The number of nitrogens with two attached hydrogens (primary N) is 1. The molecule has 1 aromatic carbocycles. The zero-order chi connectivity index (χ0) is 12.1. The van der Waals surface area contributed by atoms with E-state index in [-0.39, 0.29) is 0 Å². The normalized spacial score (nSPS) is 17.8. The second kappa shape index (κ2) is 6.18. The topological polar surface area (TPSA) is 29.3 Å². The lowest BCUT2D eigenvalue weighted by Crippen LogP contribution is -2.31. The Morgan fingerprint density at radius 3 is 2.82 bits per heavy atom. The van der Waals surface area contributed by atoms with Crippen LogP contribution in [0.25, 0.3) is 0 Å². The van der Waals surface area contributed by atoms with E-state index < -0.39 is 0 Å². The fraction of sp³-hybridized carbons (Fsp3) is 0.600. The van der Waals surface area contributed by atoms with Crippen molar-refractivity contribution in [1.29, 1.82) is 0 Å². The van der Waals surface area contributed by atoms with Gasteiger partial charge in [0.25, 0.3) is 0 Å². The monoisotopic (exact) mass is 232 g/mol. The summed E-state index contributed by atoms with van der Waals surface area (Å²) >= 11 is 0. The van der Waals surface area contributed by atoms with Gasteiger partial charge in [0, 0.05) is 13.1 Å². The Kier molecular flexibility index (Phi) is 4.57. The smallest absolute Gasteiger partial charge is 0.0236 e. The van der Waals surface area contributed by atoms with Crippen LogP contribution in [-0.4, -0.2) is 24.5 Å². The van der Waals surface area contributed by atoms with E-state index in [4.69, 9.17) is 5.73 Å². The van der Waals surface area contributed by atoms with Gasteiger partial charge in [0.2, 0.25) is 0 Å². The Morgan fingerprint density at radius 2 is 2.06 bits per heavy atom. The van der Waals surface area contributed by atoms with Crippen molar-refractivity contribution < 1.29 is 0 Å². The fourth-order valence-corrected chi connectivity index (χ4v) is 2.53. The van der Waals surface area contributed by atoms with Crippen LogP contribution < -0.4 is 5.73 Å². The van der Waals surface area contributed by atoms with Gasteiger partial charge in [0.1, 0.15) is 0 Å². The summed E-state index contributed by atoms with van der Waals surface area (Å²) in [4.78, 5) is 2.57. The third-order valence-electron chi connectivity index (χ3n) is 3.78. The van der Waals surface area contributed by atoms with Gasteiger partial charge in [-0.2, -0.15) is 0 Å². The van der Waals surface area contributed by atoms with Crippen LogP contribution in [0.1, 0.15) is 30.9 Å². The Labute approximate surface area is 105 Å². The number of fused-ring (bicyclic) bond motifs is 1. The SMILES string of the molecule is CC(CN)CCCN1CCc2ccccc2C1. The molecule has 0 saturated heterocycles. The molecule has 0 radical (unpaired) electrons. The maximum Gasteiger partial charge on any atom is 0.0236 e. The van der Waals surface area contributed by atoms with Gasteiger partial charge in [-0.3, -0.25) is 4.90 Å². The molecule has 17 heavy (non-hydrogen) atoms. The molecule has 2 heteroatoms. The Bertz CT molecular complexity index is 349. The molecule has 1 aromatic rings. The summed E-state index contributed by atoms with van der Waals surface area (Å²) in [7, 11) is 0. The van der Waals surface area contributed by atoms with Crippen molar-refractivity contribution in [3.63, 3.8) is 0 Å². The van der Waals surface area contributed by atoms with Crippen LogP contribution in [0.5, 0.6) is 0 Å². The fourth-order valence-electron chi connectivity index (χ4n) is 2.53. The van der Waals surface area contributed by atoms with Gasteiger partial charge < -0.3 is 5.73 Å². The van der Waals surface area contributed by atoms with E-state index in [2.05, 4.69) is 36.1 Å². The minimum atomic E-state index is 0.673. The van der Waals surface area contributed by atoms with Crippen molar-refractivity contribution in [2.24, 2.45) is 11.7 Å². The highest BCUT2D eigenvalue weighted by Crippen LogP contribution is 2.19. The standard InChI is InChI=1S/C15H24N2/c1-13(11-16)5-4-9-17-10-8-14-6-2-3-7-15(14)12-17/h2-3,6-7,13H,4-5,8-12,16H2,1H3. The molecule has 0 aromatic heterocycles. The average molecular weight is 232 g/mol. The molecule has 1 aliphatic rings. The molecule has 94 valence electrons. The highest BCUT2D eigenvalue weighted by atomic mass is 15.1. The highest BCUT2D eigenvalue weighted by molar-refractivity contribution is 5.28. The first-order valence-corrected chi connectivity index (χ1v) is 6.79. The number of rotatable bonds is 5. The molecule has 0 amide bonds. The van der Waals surface area contributed by atoms with Crippen molar-refractivity contribution in [2.45, 2.75) is 32.7 Å². The van der Waals surface area contributed by atoms with Gasteiger partial charge in [0.05, 0.1) is 0 Å². The van der Waals surface area contributed by atoms with Crippen LogP contribution in [-0.2, 0) is 13.0 Å². The molecule has 0 fully saturated rings. The van der Waals surface area contributed by atoms with Gasteiger partial charge in [-0.25, -0.2) is 0 Å². The number of hydrogen-bond acceptors (Lipinski definition) is 2. The van der Waals surface area contributed by atoms with Crippen molar-refractivity contribution in [2.75, 3.05) is 19.6 Å². The van der Waals surface area contributed by atoms with Crippen LogP contribution in [0.2, 0.25) is 0 Å². The van der Waals surface area contributed by atoms with E-state index in [0.29, 0.717) is 5.92 Å². The van der Waals surface area contributed by atoms with Crippen LogP contribution in [0.15, 0.2) is 24.3 Å². The summed E-state index contributed by atoms with van der Waals surface area (Å²) in [5, 5.41) is 0. The lowest BCUT2D eigenvalue weighted by molar-refractivity contribution is 0.244. The molecule has 1 atom stereocenters. The third-order valence-corrected chi connectivity index (χ3v) is 3.78. The quantitative estimate of drug-likeness (QED) is 0.845. The number of nitrogens with zero attached hydrogens (tertiary/aromatic N) is 1. The summed E-state index contributed by atoms with van der Waals surface area (Å²) in [6.07, 6.45) is 3.75. The minimum Gasteiger partial charge on any atom is -0.330 e. The van der Waals surface area contributed by atoms with Crippen molar-refractivity contribution in [3.8, 4) is 0 Å².